The molecule has 0 spiro atoms. The van der Waals surface area contributed by atoms with Crippen molar-refractivity contribution in [3.8, 4) is 0 Å². The normalized spacial score (nSPS) is 22.9. The van der Waals surface area contributed by atoms with Crippen molar-refractivity contribution < 1.29 is 14.3 Å². The summed E-state index contributed by atoms with van der Waals surface area (Å²) in [6.45, 7) is 4.74. The number of hydrogen-bond acceptors (Lipinski definition) is 8. The molecule has 180 valence electrons. The molecule has 1 aromatic carbocycles. The summed E-state index contributed by atoms with van der Waals surface area (Å²) in [4.78, 5) is 45.6. The summed E-state index contributed by atoms with van der Waals surface area (Å²) in [6.07, 6.45) is 0.189. The highest BCUT2D eigenvalue weighted by Crippen LogP contribution is 2.30. The van der Waals surface area contributed by atoms with Crippen LogP contribution in [0.5, 0.6) is 0 Å². The van der Waals surface area contributed by atoms with Crippen molar-refractivity contribution in [3.05, 3.63) is 73.4 Å². The van der Waals surface area contributed by atoms with E-state index in [-0.39, 0.29) is 19.6 Å². The number of carbonyl (C=O) groups excluding carboxylic acids is 1. The largest absolute Gasteiger partial charge is 0.462 e. The minimum Gasteiger partial charge on any atom is -0.462 e. The molecule has 12 heteroatoms. The van der Waals surface area contributed by atoms with Crippen molar-refractivity contribution in [1.29, 1.82) is 0 Å². The average Bonchev–Trinajstić information content (AvgIpc) is 3.24. The lowest BCUT2D eigenvalue weighted by Gasteiger charge is -2.35. The van der Waals surface area contributed by atoms with Crippen LogP contribution >= 0.6 is 0 Å². The number of benzene rings is 1. The van der Waals surface area contributed by atoms with Crippen LogP contribution in [0.25, 0.3) is 10.4 Å². The Balaban J connectivity index is 1.29. The molecule has 1 N–H and O–H groups in total. The monoisotopic (exact) mass is 469 g/mol. The second kappa shape index (κ2) is 10.6. The Morgan fingerprint density at radius 3 is 2.68 bits per heavy atom. The third-order valence-electron chi connectivity index (χ3n) is 6.12. The number of para-hydroxylation sites is 1. The first kappa shape index (κ1) is 23.6. The molecule has 2 aliphatic heterocycles. The smallest absolute Gasteiger partial charge is 0.330 e. The lowest BCUT2D eigenvalue weighted by atomic mass is 10.1. The first-order valence-corrected chi connectivity index (χ1v) is 11.1. The van der Waals surface area contributed by atoms with Gasteiger partial charge in [-0.15, -0.1) is 0 Å². The van der Waals surface area contributed by atoms with Crippen molar-refractivity contribution in [2.24, 2.45) is 5.11 Å². The van der Waals surface area contributed by atoms with Crippen LogP contribution in [-0.4, -0.2) is 71.9 Å². The van der Waals surface area contributed by atoms with Gasteiger partial charge in [-0.1, -0.05) is 23.3 Å². The summed E-state index contributed by atoms with van der Waals surface area (Å²) >= 11 is 0. The predicted molar refractivity (Wildman–Crippen MR) is 124 cm³/mol. The molecular weight excluding hydrogens is 442 g/mol. The topological polar surface area (TPSA) is 146 Å². The van der Waals surface area contributed by atoms with Gasteiger partial charge in [-0.3, -0.25) is 24.0 Å². The fraction of sp³-hybridized carbons (Fsp3) is 0.500. The quantitative estimate of drug-likeness (QED) is 0.277. The molecular formula is C22H27N7O5. The van der Waals surface area contributed by atoms with Crippen molar-refractivity contribution >= 4 is 11.7 Å². The Morgan fingerprint density at radius 2 is 1.97 bits per heavy atom. The number of H-pyrrole nitrogens is 1. The minimum atomic E-state index is -0.742. The maximum absolute atomic E-state index is 12.4. The predicted octanol–water partition coefficient (Wildman–Crippen LogP) is 1.18. The van der Waals surface area contributed by atoms with Gasteiger partial charge in [0.05, 0.1) is 12.6 Å². The van der Waals surface area contributed by atoms with E-state index in [0.29, 0.717) is 5.56 Å². The SMILES string of the molecule is Cc1cn(C2CC(N=[N+]=[N-])C(COC(=O)CN3CCN(c4ccccc4)CC3)O2)c(=O)[nH]c1=O. The lowest BCUT2D eigenvalue weighted by molar-refractivity contribution is -0.150. The molecule has 34 heavy (non-hydrogen) atoms. The van der Waals surface area contributed by atoms with Crippen LogP contribution < -0.4 is 16.1 Å². The number of azide groups is 1. The van der Waals surface area contributed by atoms with Gasteiger partial charge in [0.1, 0.15) is 18.9 Å². The number of aromatic nitrogens is 2. The van der Waals surface area contributed by atoms with Crippen LogP contribution in [0.3, 0.4) is 0 Å². The highest BCUT2D eigenvalue weighted by atomic mass is 16.6. The highest BCUT2D eigenvalue weighted by Gasteiger charge is 2.37. The van der Waals surface area contributed by atoms with Crippen molar-refractivity contribution in [2.45, 2.75) is 31.7 Å². The average molecular weight is 470 g/mol. The number of piperazine rings is 1. The maximum atomic E-state index is 12.4. The van der Waals surface area contributed by atoms with Gasteiger partial charge in [0.25, 0.3) is 5.56 Å². The molecule has 0 amide bonds. The zero-order valence-electron chi connectivity index (χ0n) is 18.9. The number of anilines is 1. The van der Waals surface area contributed by atoms with Gasteiger partial charge in [-0.25, -0.2) is 4.79 Å². The second-order valence-electron chi connectivity index (χ2n) is 8.40. The molecule has 0 saturated carbocycles. The zero-order chi connectivity index (χ0) is 24.1. The molecule has 2 fully saturated rings. The van der Waals surface area contributed by atoms with Gasteiger partial charge in [-0.2, -0.15) is 0 Å². The molecule has 1 aromatic heterocycles. The van der Waals surface area contributed by atoms with E-state index in [1.807, 2.05) is 23.1 Å². The zero-order valence-corrected chi connectivity index (χ0v) is 18.9. The number of carbonyl (C=O) groups is 1. The first-order chi connectivity index (χ1) is 16.4. The molecule has 12 nitrogen and oxygen atoms in total. The van der Waals surface area contributed by atoms with Gasteiger partial charge >= 0.3 is 11.7 Å². The Bertz CT molecular complexity index is 1170. The van der Waals surface area contributed by atoms with E-state index in [0.717, 1.165) is 26.2 Å². The summed E-state index contributed by atoms with van der Waals surface area (Å²) in [5.41, 5.74) is 9.33. The third kappa shape index (κ3) is 5.48. The van der Waals surface area contributed by atoms with Crippen LogP contribution in [0, 0.1) is 6.92 Å². The van der Waals surface area contributed by atoms with Gasteiger partial charge in [0.15, 0.2) is 0 Å². The number of aromatic amines is 1. The standard InChI is InChI=1S/C22H27N7O5/c1-15-12-29(22(32)24-21(15)31)19-11-17(25-26-23)18(34-19)14-33-20(30)13-27-7-9-28(10-8-27)16-5-3-2-4-6-16/h2-6,12,17-19H,7-11,13-14H2,1H3,(H,24,31,32). The highest BCUT2D eigenvalue weighted by molar-refractivity contribution is 5.71. The summed E-state index contributed by atoms with van der Waals surface area (Å²) < 4.78 is 12.6. The minimum absolute atomic E-state index is 0.0971. The number of nitrogens with zero attached hydrogens (tertiary/aromatic N) is 6. The second-order valence-corrected chi connectivity index (χ2v) is 8.40. The molecule has 0 radical (unpaired) electrons. The van der Waals surface area contributed by atoms with E-state index in [2.05, 4.69) is 32.0 Å². The van der Waals surface area contributed by atoms with Gasteiger partial charge < -0.3 is 14.4 Å². The summed E-state index contributed by atoms with van der Waals surface area (Å²) in [7, 11) is 0. The van der Waals surface area contributed by atoms with E-state index in [9.17, 15) is 14.4 Å². The molecule has 2 aliphatic rings. The van der Waals surface area contributed by atoms with E-state index in [4.69, 9.17) is 15.0 Å². The van der Waals surface area contributed by atoms with Crippen LogP contribution in [0.1, 0.15) is 18.2 Å². The van der Waals surface area contributed by atoms with Crippen LogP contribution in [0.2, 0.25) is 0 Å². The number of hydrogen-bond donors (Lipinski definition) is 1. The third-order valence-corrected chi connectivity index (χ3v) is 6.12. The molecule has 3 atom stereocenters. The Hall–Kier alpha value is -3.60. The molecule has 2 aromatic rings. The molecule has 0 aliphatic carbocycles. The van der Waals surface area contributed by atoms with Crippen LogP contribution in [-0.2, 0) is 14.3 Å². The van der Waals surface area contributed by atoms with E-state index >= 15 is 0 Å². The van der Waals surface area contributed by atoms with E-state index in [1.165, 1.54) is 16.5 Å². The summed E-state index contributed by atoms with van der Waals surface area (Å²) in [6, 6.07) is 9.53. The molecule has 4 rings (SSSR count). The molecule has 2 saturated heterocycles. The van der Waals surface area contributed by atoms with Crippen LogP contribution in [0.4, 0.5) is 5.69 Å². The number of nitrogens with one attached hydrogen (secondary N) is 1. The number of aryl methyl sites for hydroxylation is 1. The van der Waals surface area contributed by atoms with Gasteiger partial charge in [-0.05, 0) is 24.6 Å². The Morgan fingerprint density at radius 1 is 1.24 bits per heavy atom. The van der Waals surface area contributed by atoms with Crippen molar-refractivity contribution in [1.82, 2.24) is 14.5 Å². The van der Waals surface area contributed by atoms with E-state index in [1.54, 1.807) is 6.92 Å². The first-order valence-electron chi connectivity index (χ1n) is 11.1. The summed E-state index contributed by atoms with van der Waals surface area (Å²) in [5, 5.41) is 3.74. The molecule has 0 bridgehead atoms. The van der Waals surface area contributed by atoms with Crippen molar-refractivity contribution in [3.63, 3.8) is 0 Å². The van der Waals surface area contributed by atoms with Gasteiger partial charge in [0, 0.05) is 55.0 Å². The Kier molecular flexibility index (Phi) is 7.31. The van der Waals surface area contributed by atoms with Gasteiger partial charge in [0.2, 0.25) is 0 Å². The number of ether oxygens (including phenoxy) is 2. The fourth-order valence-corrected chi connectivity index (χ4v) is 4.23. The maximum Gasteiger partial charge on any atom is 0.330 e. The fourth-order valence-electron chi connectivity index (χ4n) is 4.23. The summed E-state index contributed by atoms with van der Waals surface area (Å²) in [5.74, 6) is -0.392. The van der Waals surface area contributed by atoms with Crippen molar-refractivity contribution in [2.75, 3.05) is 44.2 Å². The number of rotatable bonds is 7. The lowest BCUT2D eigenvalue weighted by Crippen LogP contribution is -2.48. The molecule has 3 heterocycles. The molecule has 3 unspecified atom stereocenters. The van der Waals surface area contributed by atoms with E-state index < -0.39 is 35.6 Å². The number of esters is 1. The van der Waals surface area contributed by atoms with Crippen LogP contribution in [0.15, 0.2) is 51.2 Å². The Labute approximate surface area is 195 Å².